The maximum Gasteiger partial charge on any atom is 0.335 e. The van der Waals surface area contributed by atoms with Crippen molar-refractivity contribution in [3.8, 4) is 11.5 Å². The number of ether oxygens (including phenoxy) is 1. The number of fused-ring (bicyclic) bond motifs is 3. The van der Waals surface area contributed by atoms with E-state index >= 15 is 0 Å². The molecule has 1 saturated heterocycles. The molecule has 40 heavy (non-hydrogen) atoms. The van der Waals surface area contributed by atoms with Crippen LogP contribution in [-0.4, -0.2) is 46.7 Å². The predicted octanol–water partition coefficient (Wildman–Crippen LogP) is 3.73. The number of carbonyl (C=O) groups is 5. The lowest BCUT2D eigenvalue weighted by Gasteiger charge is -2.42. The van der Waals surface area contributed by atoms with Gasteiger partial charge in [0.15, 0.2) is 11.6 Å². The SMILES string of the molecule is COc1ccc(O)c(C2C3=CCC4C(=O)N(c5cccc(C(=O)O)c5)C(=O)C4C3CC3=C2C(=O)C(C)=CC3=O)c1. The van der Waals surface area contributed by atoms with Gasteiger partial charge in [-0.15, -0.1) is 0 Å². The Bertz CT molecular complexity index is 1640. The molecule has 4 aliphatic rings. The second-order valence-corrected chi connectivity index (χ2v) is 10.5. The van der Waals surface area contributed by atoms with Crippen molar-refractivity contribution in [3.63, 3.8) is 0 Å². The van der Waals surface area contributed by atoms with Gasteiger partial charge in [0.1, 0.15) is 11.5 Å². The zero-order valence-electron chi connectivity index (χ0n) is 21.7. The largest absolute Gasteiger partial charge is 0.508 e. The number of carboxylic acids is 1. The van der Waals surface area contributed by atoms with Crippen LogP contribution >= 0.6 is 0 Å². The number of methoxy groups -OCH3 is 1. The van der Waals surface area contributed by atoms with Crippen LogP contribution in [0.15, 0.2) is 76.9 Å². The number of carboxylic acid groups (broad SMARTS) is 1. The van der Waals surface area contributed by atoms with Gasteiger partial charge in [0, 0.05) is 28.2 Å². The molecule has 0 aromatic heterocycles. The molecule has 0 spiro atoms. The minimum absolute atomic E-state index is 0.0544. The molecular formula is C31H25NO8. The van der Waals surface area contributed by atoms with Crippen molar-refractivity contribution in [2.24, 2.45) is 17.8 Å². The molecule has 1 heterocycles. The molecule has 2 N–H and O–H groups in total. The van der Waals surface area contributed by atoms with Gasteiger partial charge in [0.2, 0.25) is 11.8 Å². The number of imide groups is 1. The molecule has 4 atom stereocenters. The fourth-order valence-corrected chi connectivity index (χ4v) is 6.64. The number of Topliss-reactive ketones (excluding diaryl/α,β-unsaturated/α-hetero) is 1. The summed E-state index contributed by atoms with van der Waals surface area (Å²) in [5, 5.41) is 20.4. The van der Waals surface area contributed by atoms with Crippen LogP contribution in [0.25, 0.3) is 0 Å². The smallest absolute Gasteiger partial charge is 0.335 e. The van der Waals surface area contributed by atoms with Crippen molar-refractivity contribution in [2.75, 3.05) is 12.0 Å². The van der Waals surface area contributed by atoms with Gasteiger partial charge in [0.05, 0.1) is 30.2 Å². The van der Waals surface area contributed by atoms with E-state index < -0.39 is 41.5 Å². The van der Waals surface area contributed by atoms with E-state index in [1.807, 2.05) is 6.08 Å². The van der Waals surface area contributed by atoms with Gasteiger partial charge in [-0.25, -0.2) is 4.79 Å². The first kappa shape index (κ1) is 25.5. The highest BCUT2D eigenvalue weighted by Crippen LogP contribution is 2.56. The first-order valence-electron chi connectivity index (χ1n) is 12.9. The van der Waals surface area contributed by atoms with Crippen molar-refractivity contribution in [2.45, 2.75) is 25.7 Å². The van der Waals surface area contributed by atoms with Crippen LogP contribution < -0.4 is 9.64 Å². The van der Waals surface area contributed by atoms with Gasteiger partial charge in [0.25, 0.3) is 0 Å². The number of hydrogen-bond acceptors (Lipinski definition) is 7. The van der Waals surface area contributed by atoms with E-state index in [0.29, 0.717) is 22.5 Å². The molecule has 1 fully saturated rings. The Hall–Kier alpha value is -4.79. The maximum atomic E-state index is 13.9. The van der Waals surface area contributed by atoms with Crippen molar-refractivity contribution >= 4 is 35.0 Å². The van der Waals surface area contributed by atoms with Gasteiger partial charge < -0.3 is 14.9 Å². The highest BCUT2D eigenvalue weighted by atomic mass is 16.5. The number of carbonyl (C=O) groups excluding carboxylic acids is 4. The first-order chi connectivity index (χ1) is 19.1. The number of rotatable bonds is 4. The van der Waals surface area contributed by atoms with E-state index in [-0.39, 0.29) is 52.6 Å². The van der Waals surface area contributed by atoms with Crippen molar-refractivity contribution in [3.05, 3.63) is 88.0 Å². The molecule has 4 unspecified atom stereocenters. The van der Waals surface area contributed by atoms with Gasteiger partial charge in [-0.05, 0) is 68.2 Å². The monoisotopic (exact) mass is 539 g/mol. The molecule has 0 radical (unpaired) electrons. The topological polar surface area (TPSA) is 138 Å². The van der Waals surface area contributed by atoms with Crippen molar-refractivity contribution in [1.29, 1.82) is 0 Å². The van der Waals surface area contributed by atoms with Crippen LogP contribution in [0.5, 0.6) is 11.5 Å². The summed E-state index contributed by atoms with van der Waals surface area (Å²) in [6.45, 7) is 1.58. The Kier molecular flexibility index (Phi) is 5.83. The third-order valence-electron chi connectivity index (χ3n) is 8.46. The molecule has 9 heteroatoms. The maximum absolute atomic E-state index is 13.9. The summed E-state index contributed by atoms with van der Waals surface area (Å²) in [6.07, 6.45) is 3.47. The van der Waals surface area contributed by atoms with Crippen LogP contribution in [-0.2, 0) is 19.2 Å². The number of hydrogen-bond donors (Lipinski definition) is 2. The average molecular weight is 540 g/mol. The number of aromatic carboxylic acids is 1. The Morgan fingerprint density at radius 1 is 1.02 bits per heavy atom. The van der Waals surface area contributed by atoms with Crippen LogP contribution in [0.2, 0.25) is 0 Å². The van der Waals surface area contributed by atoms with Crippen LogP contribution in [0.3, 0.4) is 0 Å². The van der Waals surface area contributed by atoms with Crippen molar-refractivity contribution < 1.29 is 38.9 Å². The lowest BCUT2D eigenvalue weighted by Crippen LogP contribution is -2.39. The quantitative estimate of drug-likeness (QED) is 0.341. The second-order valence-electron chi connectivity index (χ2n) is 10.5. The van der Waals surface area contributed by atoms with Gasteiger partial charge in [-0.3, -0.25) is 24.1 Å². The molecule has 0 bridgehead atoms. The van der Waals surface area contributed by atoms with Crippen LogP contribution in [0, 0.1) is 17.8 Å². The normalized spacial score (nSPS) is 25.7. The Labute approximate surface area is 229 Å². The summed E-state index contributed by atoms with van der Waals surface area (Å²) in [5.74, 6) is -5.28. The molecule has 2 aromatic carbocycles. The number of phenols is 1. The molecule has 202 valence electrons. The lowest BCUT2D eigenvalue weighted by molar-refractivity contribution is -0.123. The summed E-state index contributed by atoms with van der Waals surface area (Å²) in [6, 6.07) is 10.3. The molecule has 1 aliphatic heterocycles. The standard InChI is InChI=1S/C31H25NO8/c1-14-10-24(34)22-13-20-18(25(27(22)28(14)35)21-12-17(40-2)6-9-23(21)33)7-8-19-26(20)30(37)32(29(19)36)16-5-3-4-15(11-16)31(38)39/h3-7,9-12,19-20,25-26,33H,8,13H2,1-2H3,(H,38,39). The van der Waals surface area contributed by atoms with Crippen LogP contribution in [0.1, 0.15) is 41.6 Å². The zero-order valence-corrected chi connectivity index (χ0v) is 21.7. The van der Waals surface area contributed by atoms with Crippen LogP contribution in [0.4, 0.5) is 5.69 Å². The average Bonchev–Trinajstić information content (AvgIpc) is 3.20. The molecular weight excluding hydrogens is 514 g/mol. The van der Waals surface area contributed by atoms with Gasteiger partial charge >= 0.3 is 5.97 Å². The van der Waals surface area contributed by atoms with Crippen molar-refractivity contribution in [1.82, 2.24) is 0 Å². The second kappa shape index (κ2) is 9.15. The minimum atomic E-state index is -1.18. The third kappa shape index (κ3) is 3.65. The Morgan fingerprint density at radius 3 is 2.52 bits per heavy atom. The summed E-state index contributed by atoms with van der Waals surface area (Å²) >= 11 is 0. The van der Waals surface area contributed by atoms with E-state index in [2.05, 4.69) is 0 Å². The summed E-state index contributed by atoms with van der Waals surface area (Å²) in [5.41, 5.74) is 2.03. The number of anilines is 1. The lowest BCUT2D eigenvalue weighted by atomic mass is 9.59. The molecule has 3 aliphatic carbocycles. The fourth-order valence-electron chi connectivity index (χ4n) is 6.64. The molecule has 2 aromatic rings. The Balaban J connectivity index is 1.49. The van der Waals surface area contributed by atoms with Gasteiger partial charge in [-0.1, -0.05) is 17.7 Å². The summed E-state index contributed by atoms with van der Waals surface area (Å²) < 4.78 is 5.37. The van der Waals surface area contributed by atoms with E-state index in [9.17, 15) is 34.2 Å². The molecule has 6 rings (SSSR count). The number of aromatic hydroxyl groups is 1. The first-order valence-corrected chi connectivity index (χ1v) is 12.9. The van der Waals surface area contributed by atoms with E-state index in [4.69, 9.17) is 4.74 Å². The number of ketones is 2. The number of benzene rings is 2. The van der Waals surface area contributed by atoms with E-state index in [0.717, 1.165) is 4.90 Å². The summed E-state index contributed by atoms with van der Waals surface area (Å²) in [7, 11) is 1.48. The molecule has 2 amide bonds. The summed E-state index contributed by atoms with van der Waals surface area (Å²) in [4.78, 5) is 66.8. The number of phenolic OH excluding ortho intramolecular Hbond substituents is 1. The molecule has 9 nitrogen and oxygen atoms in total. The Morgan fingerprint density at radius 2 is 1.80 bits per heavy atom. The number of allylic oxidation sites excluding steroid dienone is 6. The zero-order chi connectivity index (χ0) is 28.5. The highest BCUT2D eigenvalue weighted by molar-refractivity contribution is 6.25. The van der Waals surface area contributed by atoms with Gasteiger partial charge in [-0.2, -0.15) is 0 Å². The number of nitrogens with zero attached hydrogens (tertiary/aromatic N) is 1. The highest BCUT2D eigenvalue weighted by Gasteiger charge is 2.56. The van der Waals surface area contributed by atoms with E-state index in [1.54, 1.807) is 19.1 Å². The minimum Gasteiger partial charge on any atom is -0.508 e. The van der Waals surface area contributed by atoms with E-state index in [1.165, 1.54) is 43.5 Å². The number of amides is 2. The molecule has 0 saturated carbocycles. The predicted molar refractivity (Wildman–Crippen MR) is 142 cm³/mol. The fraction of sp³-hybridized carbons (Fsp3) is 0.258. The third-order valence-corrected chi connectivity index (χ3v) is 8.46.